The summed E-state index contributed by atoms with van der Waals surface area (Å²) in [4.78, 5) is 11.5. The fraction of sp³-hybridized carbons (Fsp3) is 0.381. The van der Waals surface area contributed by atoms with E-state index in [4.69, 9.17) is 0 Å². The fourth-order valence-electron chi connectivity index (χ4n) is 5.02. The highest BCUT2D eigenvalue weighted by Crippen LogP contribution is 2.52. The van der Waals surface area contributed by atoms with E-state index >= 15 is 0 Å². The summed E-state index contributed by atoms with van der Waals surface area (Å²) in [6, 6.07) is 4.15. The molecule has 6 nitrogen and oxygen atoms in total. The Hall–Kier alpha value is -2.80. The van der Waals surface area contributed by atoms with E-state index in [1.807, 2.05) is 42.9 Å². The molecule has 0 unspecified atom stereocenters. The van der Waals surface area contributed by atoms with E-state index in [1.54, 1.807) is 4.52 Å². The minimum atomic E-state index is -0.316. The third-order valence-corrected chi connectivity index (χ3v) is 6.50. The highest BCUT2D eigenvalue weighted by Gasteiger charge is 2.55. The average Bonchev–Trinajstić information content (AvgIpc) is 3.33. The van der Waals surface area contributed by atoms with Gasteiger partial charge in [0.2, 0.25) is 0 Å². The second-order valence-corrected chi connectivity index (χ2v) is 8.55. The number of pyridine rings is 1. The predicted molar refractivity (Wildman–Crippen MR) is 104 cm³/mol. The third kappa shape index (κ3) is 2.08. The van der Waals surface area contributed by atoms with E-state index in [2.05, 4.69) is 27.0 Å². The predicted octanol–water partition coefficient (Wildman–Crippen LogP) is 3.15. The molecule has 142 valence electrons. The summed E-state index contributed by atoms with van der Waals surface area (Å²) in [5, 5.41) is 4.64. The zero-order valence-electron chi connectivity index (χ0n) is 16.1. The summed E-state index contributed by atoms with van der Waals surface area (Å²) in [7, 11) is 2.16. The lowest BCUT2D eigenvalue weighted by atomic mass is 9.68. The van der Waals surface area contributed by atoms with Gasteiger partial charge >= 0.3 is 0 Å². The van der Waals surface area contributed by atoms with Crippen molar-refractivity contribution in [3.8, 4) is 11.3 Å². The van der Waals surface area contributed by atoms with E-state index < -0.39 is 0 Å². The molecule has 28 heavy (non-hydrogen) atoms. The molecular formula is C21H21FN6. The van der Waals surface area contributed by atoms with Crippen LogP contribution in [-0.4, -0.2) is 48.5 Å². The second kappa shape index (κ2) is 5.17. The summed E-state index contributed by atoms with van der Waals surface area (Å²) in [5.74, 6) is -0.316. The van der Waals surface area contributed by atoms with Crippen LogP contribution in [-0.2, 0) is 5.41 Å². The number of hydrogen-bond donors (Lipinski definition) is 0. The van der Waals surface area contributed by atoms with Crippen LogP contribution in [0.5, 0.6) is 0 Å². The molecule has 0 aromatic carbocycles. The van der Waals surface area contributed by atoms with Gasteiger partial charge in [0.15, 0.2) is 17.1 Å². The first-order chi connectivity index (χ1) is 13.4. The first-order valence-electron chi connectivity index (χ1n) is 9.65. The van der Waals surface area contributed by atoms with Gasteiger partial charge in [-0.15, -0.1) is 0 Å². The molecule has 1 saturated carbocycles. The normalized spacial score (nSPS) is 24.4. The smallest absolute Gasteiger partial charge is 0.173 e. The van der Waals surface area contributed by atoms with Crippen LogP contribution in [0.2, 0.25) is 0 Å². The number of rotatable bonds is 2. The van der Waals surface area contributed by atoms with E-state index in [0.717, 1.165) is 53.2 Å². The van der Waals surface area contributed by atoms with Crippen molar-refractivity contribution in [2.24, 2.45) is 0 Å². The molecule has 2 aliphatic heterocycles. The highest BCUT2D eigenvalue weighted by molar-refractivity contribution is 5.64. The molecule has 0 spiro atoms. The molecule has 6 heterocycles. The average molecular weight is 376 g/mol. The molecule has 0 amide bonds. The van der Waals surface area contributed by atoms with Gasteiger partial charge < -0.3 is 9.30 Å². The summed E-state index contributed by atoms with van der Waals surface area (Å²) in [6.07, 6.45) is 8.07. The minimum absolute atomic E-state index is 0.0973. The molecule has 3 aliphatic rings. The molecule has 4 aromatic rings. The zero-order chi connectivity index (χ0) is 19.2. The lowest BCUT2D eigenvalue weighted by Gasteiger charge is -2.35. The van der Waals surface area contributed by atoms with Gasteiger partial charge in [-0.3, -0.25) is 0 Å². The Bertz CT molecular complexity index is 1260. The van der Waals surface area contributed by atoms with Crippen molar-refractivity contribution in [1.82, 2.24) is 28.9 Å². The third-order valence-electron chi connectivity index (χ3n) is 6.50. The summed E-state index contributed by atoms with van der Waals surface area (Å²) < 4.78 is 18.5. The van der Waals surface area contributed by atoms with E-state index in [9.17, 15) is 4.39 Å². The molecule has 7 heteroatoms. The van der Waals surface area contributed by atoms with Crippen LogP contribution in [0.1, 0.15) is 29.8 Å². The molecule has 0 N–H and O–H groups in total. The van der Waals surface area contributed by atoms with Gasteiger partial charge in [-0.25, -0.2) is 18.9 Å². The maximum absolute atomic E-state index is 14.9. The Kier molecular flexibility index (Phi) is 2.99. The lowest BCUT2D eigenvalue weighted by Crippen LogP contribution is -2.38. The van der Waals surface area contributed by atoms with Crippen molar-refractivity contribution in [1.29, 1.82) is 0 Å². The number of aromatic nitrogens is 5. The molecule has 4 aromatic heterocycles. The Morgan fingerprint density at radius 1 is 1.07 bits per heavy atom. The lowest BCUT2D eigenvalue weighted by molar-refractivity contribution is 0.254. The Morgan fingerprint density at radius 2 is 1.89 bits per heavy atom. The van der Waals surface area contributed by atoms with Crippen LogP contribution in [0.15, 0.2) is 30.7 Å². The Balaban J connectivity index is 1.48. The van der Waals surface area contributed by atoms with Crippen LogP contribution >= 0.6 is 0 Å². The first-order valence-corrected chi connectivity index (χ1v) is 9.65. The molecule has 7 rings (SSSR count). The standard InChI is InChI=1S/C21H21FN6/c1-12-4-17(25-28-8-13(2)23-19(12)28)14-5-16(22)20-24-18(10-27(20)9-14)21-6-15(7-21)26(3)11-21/h4-5,8-10,15H,6-7,11H2,1-3H3. The van der Waals surface area contributed by atoms with Gasteiger partial charge in [-0.05, 0) is 51.4 Å². The van der Waals surface area contributed by atoms with Crippen LogP contribution in [0.4, 0.5) is 4.39 Å². The van der Waals surface area contributed by atoms with E-state index in [1.165, 1.54) is 6.07 Å². The van der Waals surface area contributed by atoms with Crippen molar-refractivity contribution in [2.45, 2.75) is 38.1 Å². The van der Waals surface area contributed by atoms with Gasteiger partial charge in [-0.2, -0.15) is 5.10 Å². The summed E-state index contributed by atoms with van der Waals surface area (Å²) in [6.45, 7) is 4.95. The van der Waals surface area contributed by atoms with Crippen molar-refractivity contribution in [3.63, 3.8) is 0 Å². The number of halogens is 1. The zero-order valence-corrected chi connectivity index (χ0v) is 16.1. The number of imidazole rings is 2. The van der Waals surface area contributed by atoms with E-state index in [0.29, 0.717) is 11.7 Å². The maximum atomic E-state index is 14.9. The maximum Gasteiger partial charge on any atom is 0.173 e. The van der Waals surface area contributed by atoms with Crippen LogP contribution in [0, 0.1) is 19.7 Å². The number of fused-ring (bicyclic) bond motifs is 3. The quantitative estimate of drug-likeness (QED) is 0.539. The van der Waals surface area contributed by atoms with Gasteiger partial charge in [-0.1, -0.05) is 0 Å². The van der Waals surface area contributed by atoms with Crippen LogP contribution in [0.25, 0.3) is 22.6 Å². The number of nitrogens with zero attached hydrogens (tertiary/aromatic N) is 6. The fourth-order valence-corrected chi connectivity index (χ4v) is 5.02. The number of aryl methyl sites for hydroxylation is 2. The second-order valence-electron chi connectivity index (χ2n) is 8.55. The first kappa shape index (κ1) is 16.2. The summed E-state index contributed by atoms with van der Waals surface area (Å²) >= 11 is 0. The van der Waals surface area contributed by atoms with Crippen molar-refractivity contribution in [2.75, 3.05) is 13.6 Å². The Morgan fingerprint density at radius 3 is 2.64 bits per heavy atom. The van der Waals surface area contributed by atoms with Crippen molar-refractivity contribution < 1.29 is 4.39 Å². The monoisotopic (exact) mass is 376 g/mol. The van der Waals surface area contributed by atoms with Crippen molar-refractivity contribution >= 4 is 11.3 Å². The van der Waals surface area contributed by atoms with E-state index in [-0.39, 0.29) is 11.2 Å². The van der Waals surface area contributed by atoms with Gasteiger partial charge in [0.1, 0.15) is 0 Å². The van der Waals surface area contributed by atoms with Crippen molar-refractivity contribution in [3.05, 3.63) is 53.5 Å². The molecule has 1 aliphatic carbocycles. The minimum Gasteiger partial charge on any atom is -0.304 e. The number of hydrogen-bond acceptors (Lipinski definition) is 4. The molecule has 3 fully saturated rings. The molecule has 0 atom stereocenters. The van der Waals surface area contributed by atoms with Gasteiger partial charge in [0.05, 0.1) is 23.3 Å². The SMILES string of the molecule is Cc1cn2nc(-c3cc(F)c4nc(C56CC(C5)N(C)C6)cn4c3)cc(C)c2n1. The summed E-state index contributed by atoms with van der Waals surface area (Å²) in [5.41, 5.74) is 5.71. The molecule has 2 saturated heterocycles. The Labute approximate surface area is 161 Å². The van der Waals surface area contributed by atoms with Gasteiger partial charge in [0.25, 0.3) is 0 Å². The van der Waals surface area contributed by atoms with Gasteiger partial charge in [0, 0.05) is 36.0 Å². The topological polar surface area (TPSA) is 50.7 Å². The highest BCUT2D eigenvalue weighted by atomic mass is 19.1. The molecule has 0 radical (unpaired) electrons. The number of likely N-dealkylation sites (N-methyl/N-ethyl adjacent to an activating group) is 1. The molecular weight excluding hydrogens is 355 g/mol. The van der Waals surface area contributed by atoms with Crippen LogP contribution in [0.3, 0.4) is 0 Å². The largest absolute Gasteiger partial charge is 0.304 e. The van der Waals surface area contributed by atoms with Crippen LogP contribution < -0.4 is 0 Å². The molecule has 2 bridgehead atoms.